The molecule has 3 rings (SSSR count). The molecule has 0 saturated heterocycles. The predicted molar refractivity (Wildman–Crippen MR) is 100.0 cm³/mol. The smallest absolute Gasteiger partial charge is 0.153 e. The molecule has 0 spiro atoms. The van der Waals surface area contributed by atoms with Gasteiger partial charge in [0.25, 0.3) is 0 Å². The van der Waals surface area contributed by atoms with Crippen molar-refractivity contribution >= 4 is 6.29 Å². The number of hydrogen-bond acceptors (Lipinski definition) is 5. The van der Waals surface area contributed by atoms with E-state index < -0.39 is 5.54 Å². The standard InChI is InChI=1S/C21H21N3O2/c1-15-10-16(14-25)20(26)19(11-15)21(22,12-17-6-2-4-8-23-17)13-18-7-3-5-9-24-18/h2-11,14,26H,12-13,22H2,1H3. The number of carbonyl (C=O) groups is 1. The molecular weight excluding hydrogens is 326 g/mol. The lowest BCUT2D eigenvalue weighted by Crippen LogP contribution is -2.42. The van der Waals surface area contributed by atoms with Crippen LogP contribution in [0, 0.1) is 6.92 Å². The Hall–Kier alpha value is -3.05. The molecule has 2 aromatic heterocycles. The van der Waals surface area contributed by atoms with Crippen LogP contribution >= 0.6 is 0 Å². The van der Waals surface area contributed by atoms with Crippen LogP contribution in [0.5, 0.6) is 5.75 Å². The maximum Gasteiger partial charge on any atom is 0.153 e. The number of phenols is 1. The Balaban J connectivity index is 2.11. The van der Waals surface area contributed by atoms with Crippen LogP contribution in [0.4, 0.5) is 0 Å². The maximum absolute atomic E-state index is 11.3. The summed E-state index contributed by atoms with van der Waals surface area (Å²) >= 11 is 0. The zero-order valence-corrected chi connectivity index (χ0v) is 14.6. The van der Waals surface area contributed by atoms with Crippen LogP contribution in [0.15, 0.2) is 60.9 Å². The Labute approximate surface area is 152 Å². The zero-order chi connectivity index (χ0) is 18.6. The summed E-state index contributed by atoms with van der Waals surface area (Å²) in [6.07, 6.45) is 4.88. The molecule has 0 atom stereocenters. The van der Waals surface area contributed by atoms with E-state index in [4.69, 9.17) is 5.73 Å². The number of aromatic nitrogens is 2. The highest BCUT2D eigenvalue weighted by Crippen LogP contribution is 2.35. The van der Waals surface area contributed by atoms with Crippen molar-refractivity contribution in [3.63, 3.8) is 0 Å². The Morgan fingerprint density at radius 2 is 1.62 bits per heavy atom. The van der Waals surface area contributed by atoms with Gasteiger partial charge in [-0.25, -0.2) is 0 Å². The van der Waals surface area contributed by atoms with Gasteiger partial charge < -0.3 is 10.8 Å². The van der Waals surface area contributed by atoms with Gasteiger partial charge in [-0.3, -0.25) is 14.8 Å². The van der Waals surface area contributed by atoms with Gasteiger partial charge in [-0.05, 0) is 42.8 Å². The van der Waals surface area contributed by atoms with E-state index in [1.807, 2.05) is 49.4 Å². The number of rotatable bonds is 6. The van der Waals surface area contributed by atoms with E-state index in [1.165, 1.54) is 0 Å². The summed E-state index contributed by atoms with van der Waals surface area (Å²) in [5, 5.41) is 10.7. The maximum atomic E-state index is 11.3. The minimum atomic E-state index is -0.962. The monoisotopic (exact) mass is 347 g/mol. The van der Waals surface area contributed by atoms with E-state index in [9.17, 15) is 9.90 Å². The minimum absolute atomic E-state index is 0.0834. The molecule has 0 bridgehead atoms. The number of phenolic OH excluding ortho intramolecular Hbond substituents is 1. The quantitative estimate of drug-likeness (QED) is 0.669. The van der Waals surface area contributed by atoms with E-state index >= 15 is 0 Å². The molecule has 0 amide bonds. The van der Waals surface area contributed by atoms with Crippen molar-refractivity contribution in [2.75, 3.05) is 0 Å². The van der Waals surface area contributed by atoms with Gasteiger partial charge in [-0.2, -0.15) is 0 Å². The van der Waals surface area contributed by atoms with Crippen LogP contribution in [0.25, 0.3) is 0 Å². The molecule has 0 unspecified atom stereocenters. The fourth-order valence-electron chi connectivity index (χ4n) is 3.18. The lowest BCUT2D eigenvalue weighted by atomic mass is 9.80. The number of nitrogens with two attached hydrogens (primary N) is 1. The molecule has 132 valence electrons. The van der Waals surface area contributed by atoms with Crippen molar-refractivity contribution in [3.05, 3.63) is 89.0 Å². The van der Waals surface area contributed by atoms with Gasteiger partial charge in [0.05, 0.1) is 11.1 Å². The first-order chi connectivity index (χ1) is 12.5. The van der Waals surface area contributed by atoms with Crippen LogP contribution in [-0.4, -0.2) is 21.4 Å². The molecule has 0 aliphatic carbocycles. The lowest BCUT2D eigenvalue weighted by Gasteiger charge is -2.31. The SMILES string of the molecule is Cc1cc(C=O)c(O)c(C(N)(Cc2ccccn2)Cc2ccccn2)c1. The van der Waals surface area contributed by atoms with Crippen molar-refractivity contribution in [2.24, 2.45) is 5.73 Å². The minimum Gasteiger partial charge on any atom is -0.507 e. The van der Waals surface area contributed by atoms with E-state index in [0.29, 0.717) is 24.7 Å². The molecule has 0 saturated carbocycles. The summed E-state index contributed by atoms with van der Waals surface area (Å²) in [6.45, 7) is 1.87. The van der Waals surface area contributed by atoms with Gasteiger partial charge in [-0.1, -0.05) is 18.2 Å². The highest BCUT2D eigenvalue weighted by Gasteiger charge is 2.33. The molecule has 0 fully saturated rings. The van der Waals surface area contributed by atoms with Gasteiger partial charge >= 0.3 is 0 Å². The summed E-state index contributed by atoms with van der Waals surface area (Å²) in [7, 11) is 0. The zero-order valence-electron chi connectivity index (χ0n) is 14.6. The van der Waals surface area contributed by atoms with Gasteiger partial charge in [0.2, 0.25) is 0 Å². The molecular formula is C21H21N3O2. The first kappa shape index (κ1) is 17.8. The second kappa shape index (κ2) is 7.45. The summed E-state index contributed by atoms with van der Waals surface area (Å²) in [6, 6.07) is 14.8. The Morgan fingerprint density at radius 1 is 1.04 bits per heavy atom. The molecule has 3 N–H and O–H groups in total. The predicted octanol–water partition coefficient (Wildman–Crippen LogP) is 2.94. The van der Waals surface area contributed by atoms with Gasteiger partial charge in [-0.15, -0.1) is 0 Å². The van der Waals surface area contributed by atoms with Crippen molar-refractivity contribution < 1.29 is 9.90 Å². The van der Waals surface area contributed by atoms with Crippen LogP contribution in [0.1, 0.15) is 32.9 Å². The summed E-state index contributed by atoms with van der Waals surface area (Å²) in [5.74, 6) is -0.0834. The third-order valence-corrected chi connectivity index (χ3v) is 4.39. The second-order valence-corrected chi connectivity index (χ2v) is 6.52. The number of aromatic hydroxyl groups is 1. The van der Waals surface area contributed by atoms with Gasteiger partial charge in [0.1, 0.15) is 5.75 Å². The van der Waals surface area contributed by atoms with Crippen LogP contribution in [-0.2, 0) is 18.4 Å². The number of nitrogens with zero attached hydrogens (tertiary/aromatic N) is 2. The van der Waals surface area contributed by atoms with Crippen molar-refractivity contribution in [1.82, 2.24) is 9.97 Å². The molecule has 5 nitrogen and oxygen atoms in total. The van der Waals surface area contributed by atoms with E-state index in [0.717, 1.165) is 17.0 Å². The molecule has 0 aliphatic heterocycles. The Kier molecular flexibility index (Phi) is 5.09. The average molecular weight is 347 g/mol. The summed E-state index contributed by atoms with van der Waals surface area (Å²) in [4.78, 5) is 20.1. The number of aryl methyl sites for hydroxylation is 1. The van der Waals surface area contributed by atoms with Crippen molar-refractivity contribution in [3.8, 4) is 5.75 Å². The third-order valence-electron chi connectivity index (χ3n) is 4.39. The van der Waals surface area contributed by atoms with Gasteiger partial charge in [0.15, 0.2) is 6.29 Å². The second-order valence-electron chi connectivity index (χ2n) is 6.52. The molecule has 5 heteroatoms. The van der Waals surface area contributed by atoms with E-state index in [-0.39, 0.29) is 11.3 Å². The fourth-order valence-corrected chi connectivity index (χ4v) is 3.18. The van der Waals surface area contributed by atoms with Crippen LogP contribution in [0.2, 0.25) is 0 Å². The van der Waals surface area contributed by atoms with Crippen LogP contribution in [0.3, 0.4) is 0 Å². The topological polar surface area (TPSA) is 89.1 Å². The molecule has 0 aliphatic rings. The Bertz CT molecular complexity index is 854. The van der Waals surface area contributed by atoms with E-state index in [1.54, 1.807) is 18.5 Å². The number of hydrogen-bond donors (Lipinski definition) is 2. The number of aldehydes is 1. The molecule has 3 aromatic rings. The number of carbonyl (C=O) groups excluding carboxylic acids is 1. The van der Waals surface area contributed by atoms with Crippen LogP contribution < -0.4 is 5.73 Å². The highest BCUT2D eigenvalue weighted by molar-refractivity contribution is 5.80. The largest absolute Gasteiger partial charge is 0.507 e. The summed E-state index contributed by atoms with van der Waals surface area (Å²) in [5.41, 5.74) is 9.08. The van der Waals surface area contributed by atoms with Crippen molar-refractivity contribution in [1.29, 1.82) is 0 Å². The number of pyridine rings is 2. The summed E-state index contributed by atoms with van der Waals surface area (Å²) < 4.78 is 0. The molecule has 2 heterocycles. The van der Waals surface area contributed by atoms with Gasteiger partial charge in [0, 0.05) is 42.2 Å². The first-order valence-electron chi connectivity index (χ1n) is 8.40. The third kappa shape index (κ3) is 3.78. The first-order valence-corrected chi connectivity index (χ1v) is 8.40. The van der Waals surface area contributed by atoms with Crippen molar-refractivity contribution in [2.45, 2.75) is 25.3 Å². The number of benzene rings is 1. The molecule has 0 radical (unpaired) electrons. The normalized spacial score (nSPS) is 11.3. The highest BCUT2D eigenvalue weighted by atomic mass is 16.3. The van der Waals surface area contributed by atoms with E-state index in [2.05, 4.69) is 9.97 Å². The fraction of sp³-hybridized carbons (Fsp3) is 0.190. The lowest BCUT2D eigenvalue weighted by molar-refractivity contribution is 0.112. The molecule has 1 aromatic carbocycles. The molecule has 26 heavy (non-hydrogen) atoms. The Morgan fingerprint density at radius 3 is 2.08 bits per heavy atom. The average Bonchev–Trinajstić information content (AvgIpc) is 2.64.